The molecule has 1 aliphatic heterocycles. The molecule has 3 atom stereocenters. The first kappa shape index (κ1) is 27.4. The highest BCUT2D eigenvalue weighted by molar-refractivity contribution is 6.23. The molecule has 0 spiro atoms. The molecule has 2 heterocycles. The predicted molar refractivity (Wildman–Crippen MR) is 146 cm³/mol. The summed E-state index contributed by atoms with van der Waals surface area (Å²) in [5.74, 6) is -0.938. The monoisotopic (exact) mass is 521 g/mol. The highest BCUT2D eigenvalue weighted by Gasteiger charge is 2.35. The van der Waals surface area contributed by atoms with E-state index in [9.17, 15) is 9.18 Å². The number of likely N-dealkylation sites (tertiary alicyclic amines) is 1. The molecule has 3 unspecified atom stereocenters. The van der Waals surface area contributed by atoms with Crippen LogP contribution in [0.4, 0.5) is 9.18 Å². The van der Waals surface area contributed by atoms with E-state index in [0.717, 1.165) is 29.5 Å². The summed E-state index contributed by atoms with van der Waals surface area (Å²) in [7, 11) is 0. The van der Waals surface area contributed by atoms with Crippen molar-refractivity contribution in [3.8, 4) is 11.1 Å². The summed E-state index contributed by atoms with van der Waals surface area (Å²) >= 11 is 0. The summed E-state index contributed by atoms with van der Waals surface area (Å²) < 4.78 is 19.6. The summed E-state index contributed by atoms with van der Waals surface area (Å²) in [6, 6.07) is 8.48. The number of halogens is 1. The molecule has 1 saturated carbocycles. The molecule has 9 heteroatoms. The van der Waals surface area contributed by atoms with Crippen LogP contribution in [0.15, 0.2) is 47.9 Å². The van der Waals surface area contributed by atoms with Crippen LogP contribution in [0.2, 0.25) is 0 Å². The quantitative estimate of drug-likeness (QED) is 0.244. The highest BCUT2D eigenvalue weighted by atomic mass is 19.1. The molecule has 38 heavy (non-hydrogen) atoms. The van der Waals surface area contributed by atoms with Gasteiger partial charge in [-0.2, -0.15) is 0 Å². The molecule has 202 valence electrons. The number of nitrogens with one attached hydrogen (secondary N) is 2. The zero-order valence-electron chi connectivity index (χ0n) is 22.2. The first-order valence-electron chi connectivity index (χ1n) is 13.2. The van der Waals surface area contributed by atoms with Gasteiger partial charge in [-0.3, -0.25) is 4.98 Å². The molecular weight excluding hydrogens is 485 g/mol. The van der Waals surface area contributed by atoms with Gasteiger partial charge in [-0.15, -0.1) is 0 Å². The molecule has 0 radical (unpaired) electrons. The highest BCUT2D eigenvalue weighted by Crippen LogP contribution is 2.38. The van der Waals surface area contributed by atoms with Gasteiger partial charge in [-0.05, 0) is 81.7 Å². The van der Waals surface area contributed by atoms with Gasteiger partial charge in [0.1, 0.15) is 12.4 Å². The molecule has 4 rings (SSSR count). The predicted octanol–water partition coefficient (Wildman–Crippen LogP) is 6.21. The normalized spacial score (nSPS) is 22.7. The lowest BCUT2D eigenvalue weighted by atomic mass is 9.73. The number of nitrogens with zero attached hydrogens (tertiary/aromatic N) is 3. The van der Waals surface area contributed by atoms with Gasteiger partial charge in [0.25, 0.3) is 0 Å². The molecule has 8 nitrogen and oxygen atoms in total. The van der Waals surface area contributed by atoms with Gasteiger partial charge in [0.15, 0.2) is 0 Å². The molecular formula is C29H36FN5O3. The minimum Gasteiger partial charge on any atom is -0.447 e. The molecule has 2 N–H and O–H groups in total. The van der Waals surface area contributed by atoms with Crippen LogP contribution in [0.1, 0.15) is 64.4 Å². The van der Waals surface area contributed by atoms with Crippen molar-refractivity contribution in [3.05, 3.63) is 54.1 Å². The molecule has 2 aliphatic rings. The van der Waals surface area contributed by atoms with Gasteiger partial charge < -0.3 is 25.3 Å². The van der Waals surface area contributed by atoms with E-state index in [0.29, 0.717) is 49.5 Å². The van der Waals surface area contributed by atoms with E-state index in [-0.39, 0.29) is 30.0 Å². The topological polar surface area (TPSA) is 112 Å². The molecule has 1 saturated heterocycles. The SMILES string of the molecule is CC(=N)C1C(=N)CC(c2ccc(F)cc2-c2cccnc2)CC1=NOCCC1CCCN1C(=O)OC(C)C. The number of hydrogen-bond donors (Lipinski definition) is 2. The number of pyridine rings is 1. The van der Waals surface area contributed by atoms with Gasteiger partial charge in [-0.1, -0.05) is 17.3 Å². The van der Waals surface area contributed by atoms with Crippen LogP contribution in [-0.4, -0.2) is 58.4 Å². The van der Waals surface area contributed by atoms with Crippen molar-refractivity contribution in [2.45, 2.75) is 70.9 Å². The number of carbonyl (C=O) groups is 1. The first-order valence-corrected chi connectivity index (χ1v) is 13.2. The Morgan fingerprint density at radius 2 is 2.11 bits per heavy atom. The summed E-state index contributed by atoms with van der Waals surface area (Å²) in [6.07, 6.45) is 6.33. The van der Waals surface area contributed by atoms with E-state index >= 15 is 0 Å². The standard InChI is InChI=1S/C29H36FN5O3/c1-18(2)38-29(36)35-12-5-7-23(35)10-13-37-34-27-15-21(14-26(32)28(27)19(3)31)24-9-8-22(30)16-25(24)20-6-4-11-33-17-20/h4,6,8-9,11,16-18,21,23,28,31-32H,5,7,10,12-15H2,1-3H3. The Bertz CT molecular complexity index is 1200. The number of ether oxygens (including phenoxy) is 1. The number of hydrogen-bond acceptors (Lipinski definition) is 7. The van der Waals surface area contributed by atoms with Crippen LogP contribution in [0.5, 0.6) is 0 Å². The lowest BCUT2D eigenvalue weighted by Gasteiger charge is -2.31. The second-order valence-electron chi connectivity index (χ2n) is 10.3. The third kappa shape index (κ3) is 6.44. The zero-order valence-corrected chi connectivity index (χ0v) is 22.2. The largest absolute Gasteiger partial charge is 0.447 e. The van der Waals surface area contributed by atoms with Crippen LogP contribution >= 0.6 is 0 Å². The van der Waals surface area contributed by atoms with E-state index in [4.69, 9.17) is 20.4 Å². The van der Waals surface area contributed by atoms with Crippen molar-refractivity contribution in [1.82, 2.24) is 9.88 Å². The van der Waals surface area contributed by atoms with Crippen LogP contribution in [0.3, 0.4) is 0 Å². The van der Waals surface area contributed by atoms with Crippen molar-refractivity contribution >= 4 is 23.2 Å². The lowest BCUT2D eigenvalue weighted by molar-refractivity contribution is 0.0640. The summed E-state index contributed by atoms with van der Waals surface area (Å²) in [4.78, 5) is 24.1. The number of amides is 1. The third-order valence-electron chi connectivity index (χ3n) is 7.14. The molecule has 2 fully saturated rings. The van der Waals surface area contributed by atoms with E-state index in [1.165, 1.54) is 12.1 Å². The van der Waals surface area contributed by atoms with E-state index < -0.39 is 5.92 Å². The second kappa shape index (κ2) is 12.3. The number of aromatic nitrogens is 1. The van der Waals surface area contributed by atoms with E-state index in [1.807, 2.05) is 26.0 Å². The summed E-state index contributed by atoms with van der Waals surface area (Å²) in [5, 5.41) is 21.4. The average molecular weight is 522 g/mol. The van der Waals surface area contributed by atoms with Crippen molar-refractivity contribution in [2.24, 2.45) is 11.1 Å². The van der Waals surface area contributed by atoms with E-state index in [2.05, 4.69) is 10.1 Å². The Balaban J connectivity index is 1.49. The van der Waals surface area contributed by atoms with Crippen molar-refractivity contribution in [2.75, 3.05) is 13.2 Å². The minimum atomic E-state index is -0.502. The maximum atomic E-state index is 14.2. The summed E-state index contributed by atoms with van der Waals surface area (Å²) in [5.41, 5.74) is 3.85. The number of benzene rings is 1. The minimum absolute atomic E-state index is 0.0420. The van der Waals surface area contributed by atoms with Crippen LogP contribution < -0.4 is 0 Å². The number of rotatable bonds is 8. The summed E-state index contributed by atoms with van der Waals surface area (Å²) in [6.45, 7) is 6.36. The molecule has 1 aromatic heterocycles. The van der Waals surface area contributed by atoms with Crippen molar-refractivity contribution < 1.29 is 18.8 Å². The van der Waals surface area contributed by atoms with Gasteiger partial charge >= 0.3 is 6.09 Å². The maximum absolute atomic E-state index is 14.2. The van der Waals surface area contributed by atoms with Gasteiger partial charge in [0, 0.05) is 48.4 Å². The number of oxime groups is 1. The Morgan fingerprint density at radius 3 is 2.82 bits per heavy atom. The van der Waals surface area contributed by atoms with Gasteiger partial charge in [-0.25, -0.2) is 9.18 Å². The smallest absolute Gasteiger partial charge is 0.410 e. The van der Waals surface area contributed by atoms with Crippen molar-refractivity contribution in [1.29, 1.82) is 10.8 Å². The fraction of sp³-hybridized carbons (Fsp3) is 0.483. The maximum Gasteiger partial charge on any atom is 0.410 e. The molecule has 2 aromatic rings. The molecule has 1 amide bonds. The fourth-order valence-corrected chi connectivity index (χ4v) is 5.47. The Hall–Kier alpha value is -3.62. The molecule has 1 aromatic carbocycles. The Morgan fingerprint density at radius 1 is 1.29 bits per heavy atom. The number of carbonyl (C=O) groups excluding carboxylic acids is 1. The van der Waals surface area contributed by atoms with Crippen LogP contribution in [-0.2, 0) is 9.57 Å². The Kier molecular flexibility index (Phi) is 8.86. The fourth-order valence-electron chi connectivity index (χ4n) is 5.47. The zero-order chi connectivity index (χ0) is 27.2. The Labute approximate surface area is 223 Å². The van der Waals surface area contributed by atoms with Gasteiger partial charge in [0.2, 0.25) is 0 Å². The lowest BCUT2D eigenvalue weighted by Crippen LogP contribution is -2.38. The van der Waals surface area contributed by atoms with E-state index in [1.54, 1.807) is 30.3 Å². The average Bonchev–Trinajstić information content (AvgIpc) is 3.35. The van der Waals surface area contributed by atoms with Crippen LogP contribution in [0.25, 0.3) is 11.1 Å². The second-order valence-corrected chi connectivity index (χ2v) is 10.3. The first-order chi connectivity index (χ1) is 18.2. The van der Waals surface area contributed by atoms with Gasteiger partial charge in [0.05, 0.1) is 17.7 Å². The van der Waals surface area contributed by atoms with Crippen LogP contribution in [0, 0.1) is 22.6 Å². The molecule has 0 bridgehead atoms. The van der Waals surface area contributed by atoms with Crippen molar-refractivity contribution in [3.63, 3.8) is 0 Å². The third-order valence-corrected chi connectivity index (χ3v) is 7.14. The molecule has 1 aliphatic carbocycles.